The van der Waals surface area contributed by atoms with E-state index in [-0.39, 0.29) is 13.0 Å². The standard InChI is InChI=1S/C8H16F3NO/c1-7(6-12,13-2)4-3-5-8(9,10)11/h3-6,12H2,1-2H3. The third-order valence-electron chi connectivity index (χ3n) is 2.09. The number of methoxy groups -OCH3 is 1. The Kier molecular flexibility index (Phi) is 4.70. The maximum atomic E-state index is 11.8. The summed E-state index contributed by atoms with van der Waals surface area (Å²) in [4.78, 5) is 0. The van der Waals surface area contributed by atoms with Gasteiger partial charge in [0.2, 0.25) is 0 Å². The van der Waals surface area contributed by atoms with Crippen molar-refractivity contribution in [1.82, 2.24) is 0 Å². The summed E-state index contributed by atoms with van der Waals surface area (Å²) < 4.78 is 40.3. The first-order valence-electron chi connectivity index (χ1n) is 4.15. The molecule has 0 radical (unpaired) electrons. The van der Waals surface area contributed by atoms with Gasteiger partial charge in [0.15, 0.2) is 0 Å². The van der Waals surface area contributed by atoms with E-state index in [2.05, 4.69) is 0 Å². The molecule has 2 N–H and O–H groups in total. The van der Waals surface area contributed by atoms with Gasteiger partial charge in [-0.3, -0.25) is 0 Å². The summed E-state index contributed by atoms with van der Waals surface area (Å²) in [7, 11) is 1.46. The normalized spacial score (nSPS) is 17.1. The van der Waals surface area contributed by atoms with E-state index in [1.807, 2.05) is 0 Å². The van der Waals surface area contributed by atoms with Crippen LogP contribution in [0.25, 0.3) is 0 Å². The third kappa shape index (κ3) is 5.87. The molecule has 0 aromatic heterocycles. The van der Waals surface area contributed by atoms with Crippen LogP contribution in [0, 0.1) is 0 Å². The highest BCUT2D eigenvalue weighted by Gasteiger charge is 2.29. The highest BCUT2D eigenvalue weighted by molar-refractivity contribution is 4.75. The molecule has 0 aliphatic rings. The van der Waals surface area contributed by atoms with Gasteiger partial charge in [0.1, 0.15) is 0 Å². The van der Waals surface area contributed by atoms with Crippen molar-refractivity contribution in [2.45, 2.75) is 38.0 Å². The smallest absolute Gasteiger partial charge is 0.377 e. The van der Waals surface area contributed by atoms with Crippen LogP contribution in [0.3, 0.4) is 0 Å². The molecule has 1 unspecified atom stereocenters. The summed E-state index contributed by atoms with van der Waals surface area (Å²) in [5.41, 5.74) is 4.74. The van der Waals surface area contributed by atoms with Crippen LogP contribution in [-0.4, -0.2) is 25.4 Å². The van der Waals surface area contributed by atoms with Gasteiger partial charge in [-0.15, -0.1) is 0 Å². The summed E-state index contributed by atoms with van der Waals surface area (Å²) in [5, 5.41) is 0. The fraction of sp³-hybridized carbons (Fsp3) is 1.00. The fourth-order valence-corrected chi connectivity index (χ4v) is 0.950. The van der Waals surface area contributed by atoms with Gasteiger partial charge in [0.25, 0.3) is 0 Å². The van der Waals surface area contributed by atoms with E-state index in [1.54, 1.807) is 6.92 Å². The summed E-state index contributed by atoms with van der Waals surface area (Å²) in [6.45, 7) is 1.95. The predicted octanol–water partition coefficient (Wildman–Crippen LogP) is 2.08. The van der Waals surface area contributed by atoms with Crippen molar-refractivity contribution in [3.05, 3.63) is 0 Å². The molecule has 0 aromatic carbocycles. The molecule has 0 bridgehead atoms. The molecular weight excluding hydrogens is 183 g/mol. The Bertz CT molecular complexity index is 143. The molecular formula is C8H16F3NO. The molecule has 0 saturated carbocycles. The number of hydrogen-bond acceptors (Lipinski definition) is 2. The highest BCUT2D eigenvalue weighted by Crippen LogP contribution is 2.25. The monoisotopic (exact) mass is 199 g/mol. The molecule has 0 saturated heterocycles. The van der Waals surface area contributed by atoms with Gasteiger partial charge in [0, 0.05) is 20.1 Å². The van der Waals surface area contributed by atoms with Crippen LogP contribution < -0.4 is 5.73 Å². The molecule has 2 nitrogen and oxygen atoms in total. The third-order valence-corrected chi connectivity index (χ3v) is 2.09. The van der Waals surface area contributed by atoms with Crippen molar-refractivity contribution in [2.24, 2.45) is 5.73 Å². The molecule has 1 atom stereocenters. The predicted molar refractivity (Wildman–Crippen MR) is 44.4 cm³/mol. The first kappa shape index (κ1) is 12.7. The van der Waals surface area contributed by atoms with Crippen LogP contribution in [0.4, 0.5) is 13.2 Å². The number of alkyl halides is 3. The molecule has 0 aliphatic carbocycles. The minimum Gasteiger partial charge on any atom is -0.377 e. The Morgan fingerprint density at radius 2 is 1.77 bits per heavy atom. The molecule has 13 heavy (non-hydrogen) atoms. The lowest BCUT2D eigenvalue weighted by atomic mass is 9.99. The maximum absolute atomic E-state index is 11.8. The Morgan fingerprint density at radius 1 is 1.23 bits per heavy atom. The lowest BCUT2D eigenvalue weighted by Crippen LogP contribution is -2.36. The quantitative estimate of drug-likeness (QED) is 0.735. The maximum Gasteiger partial charge on any atom is 0.389 e. The van der Waals surface area contributed by atoms with Crippen molar-refractivity contribution >= 4 is 0 Å². The van der Waals surface area contributed by atoms with E-state index >= 15 is 0 Å². The molecule has 0 rings (SSSR count). The van der Waals surface area contributed by atoms with Crippen LogP contribution in [0.15, 0.2) is 0 Å². The van der Waals surface area contributed by atoms with Gasteiger partial charge < -0.3 is 10.5 Å². The second kappa shape index (κ2) is 4.81. The summed E-state index contributed by atoms with van der Waals surface area (Å²) >= 11 is 0. The minimum atomic E-state index is -4.08. The zero-order chi connectivity index (χ0) is 10.5. The van der Waals surface area contributed by atoms with E-state index in [1.165, 1.54) is 7.11 Å². The van der Waals surface area contributed by atoms with Gasteiger partial charge in [-0.1, -0.05) is 0 Å². The minimum absolute atomic E-state index is 0.0606. The molecule has 0 fully saturated rings. The number of ether oxygens (including phenoxy) is 1. The van der Waals surface area contributed by atoms with Crippen molar-refractivity contribution in [3.8, 4) is 0 Å². The molecule has 0 aliphatic heterocycles. The zero-order valence-corrected chi connectivity index (χ0v) is 7.95. The van der Waals surface area contributed by atoms with Crippen LogP contribution >= 0.6 is 0 Å². The molecule has 5 heteroatoms. The van der Waals surface area contributed by atoms with Crippen molar-refractivity contribution < 1.29 is 17.9 Å². The second-order valence-electron chi connectivity index (χ2n) is 3.33. The number of rotatable bonds is 5. The second-order valence-corrected chi connectivity index (χ2v) is 3.33. The lowest BCUT2D eigenvalue weighted by molar-refractivity contribution is -0.138. The van der Waals surface area contributed by atoms with Crippen molar-refractivity contribution in [1.29, 1.82) is 0 Å². The molecule has 0 aromatic rings. The van der Waals surface area contributed by atoms with E-state index in [9.17, 15) is 13.2 Å². The average molecular weight is 199 g/mol. The van der Waals surface area contributed by atoms with Crippen LogP contribution in [-0.2, 0) is 4.74 Å². The Balaban J connectivity index is 3.74. The van der Waals surface area contributed by atoms with Gasteiger partial charge in [-0.25, -0.2) is 0 Å². The number of nitrogens with two attached hydrogens (primary N) is 1. The van der Waals surface area contributed by atoms with Crippen molar-refractivity contribution in [3.63, 3.8) is 0 Å². The lowest BCUT2D eigenvalue weighted by Gasteiger charge is -2.26. The summed E-state index contributed by atoms with van der Waals surface area (Å²) in [6.07, 6.45) is -4.46. The Labute approximate surface area is 76.2 Å². The first-order valence-corrected chi connectivity index (χ1v) is 4.15. The molecule has 80 valence electrons. The zero-order valence-electron chi connectivity index (χ0n) is 7.95. The van der Waals surface area contributed by atoms with Crippen LogP contribution in [0.2, 0.25) is 0 Å². The number of halogens is 3. The number of hydrogen-bond donors (Lipinski definition) is 1. The fourth-order valence-electron chi connectivity index (χ4n) is 0.950. The highest BCUT2D eigenvalue weighted by atomic mass is 19.4. The van der Waals surface area contributed by atoms with E-state index in [4.69, 9.17) is 10.5 Å². The summed E-state index contributed by atoms with van der Waals surface area (Å²) in [6, 6.07) is 0. The molecule has 0 heterocycles. The van der Waals surface area contributed by atoms with E-state index in [0.717, 1.165) is 0 Å². The van der Waals surface area contributed by atoms with E-state index < -0.39 is 18.2 Å². The van der Waals surface area contributed by atoms with Gasteiger partial charge in [-0.2, -0.15) is 13.2 Å². The first-order chi connectivity index (χ1) is 5.83. The van der Waals surface area contributed by atoms with Gasteiger partial charge in [0.05, 0.1) is 5.60 Å². The SMILES string of the molecule is COC(C)(CN)CCCC(F)(F)F. The topological polar surface area (TPSA) is 35.2 Å². The van der Waals surface area contributed by atoms with Crippen LogP contribution in [0.1, 0.15) is 26.2 Å². The molecule has 0 amide bonds. The molecule has 0 spiro atoms. The van der Waals surface area contributed by atoms with Crippen LogP contribution in [0.5, 0.6) is 0 Å². The Hall–Kier alpha value is -0.290. The van der Waals surface area contributed by atoms with Crippen molar-refractivity contribution in [2.75, 3.05) is 13.7 Å². The largest absolute Gasteiger partial charge is 0.389 e. The summed E-state index contributed by atoms with van der Waals surface area (Å²) in [5.74, 6) is 0. The van der Waals surface area contributed by atoms with E-state index in [0.29, 0.717) is 6.42 Å². The van der Waals surface area contributed by atoms with Gasteiger partial charge >= 0.3 is 6.18 Å². The van der Waals surface area contributed by atoms with Gasteiger partial charge in [-0.05, 0) is 19.8 Å². The average Bonchev–Trinajstić information content (AvgIpc) is 2.02. The Morgan fingerprint density at radius 3 is 2.08 bits per heavy atom.